The van der Waals surface area contributed by atoms with Gasteiger partial charge in [0, 0.05) is 6.54 Å². The molecule has 8 heteroatoms. The molecule has 0 aromatic heterocycles. The third kappa shape index (κ3) is 2.07. The van der Waals surface area contributed by atoms with E-state index in [1.54, 1.807) is 0 Å². The largest absolute Gasteiger partial charge is 0.329 e. The zero-order chi connectivity index (χ0) is 8.48. The van der Waals surface area contributed by atoms with Crippen LogP contribution in [0.2, 0.25) is 0 Å². The zero-order valence-corrected chi connectivity index (χ0v) is 7.82. The summed E-state index contributed by atoms with van der Waals surface area (Å²) in [7, 11) is -3.54. The van der Waals surface area contributed by atoms with Crippen molar-refractivity contribution in [3.8, 4) is 0 Å². The zero-order valence-electron chi connectivity index (χ0n) is 6.19. The molecule has 6 nitrogen and oxygen atoms in total. The number of hydrogen-bond donors (Lipinski definition) is 2. The predicted octanol–water partition coefficient (Wildman–Crippen LogP) is -1.96. The van der Waals surface area contributed by atoms with Gasteiger partial charge in [0.1, 0.15) is 0 Å². The summed E-state index contributed by atoms with van der Waals surface area (Å²) >= 11 is 0. The number of halogens is 1. The standard InChI is InChI=1S/C4H9N3O3S.ClH/c5-1-2-7-4(8)3-6-11(7,9)10;/h6H,1-3,5H2;1H. The predicted molar refractivity (Wildman–Crippen MR) is 44.9 cm³/mol. The van der Waals surface area contributed by atoms with Crippen LogP contribution < -0.4 is 10.5 Å². The molecule has 1 aliphatic rings. The van der Waals surface area contributed by atoms with Gasteiger partial charge in [0.25, 0.3) is 5.91 Å². The number of nitrogens with one attached hydrogen (secondary N) is 1. The van der Waals surface area contributed by atoms with Crippen LogP contribution in [0.15, 0.2) is 0 Å². The van der Waals surface area contributed by atoms with E-state index in [1.165, 1.54) is 0 Å². The first kappa shape index (κ1) is 11.6. The fraction of sp³-hybridized carbons (Fsp3) is 0.750. The molecule has 1 amide bonds. The van der Waals surface area contributed by atoms with E-state index < -0.39 is 16.1 Å². The lowest BCUT2D eigenvalue weighted by Crippen LogP contribution is -2.35. The van der Waals surface area contributed by atoms with Crippen molar-refractivity contribution in [1.29, 1.82) is 0 Å². The summed E-state index contributed by atoms with van der Waals surface area (Å²) in [6, 6.07) is 0. The van der Waals surface area contributed by atoms with Gasteiger partial charge in [-0.2, -0.15) is 13.1 Å². The minimum absolute atomic E-state index is 0. The van der Waals surface area contributed by atoms with E-state index in [2.05, 4.69) is 4.72 Å². The Morgan fingerprint density at radius 3 is 2.50 bits per heavy atom. The van der Waals surface area contributed by atoms with Gasteiger partial charge >= 0.3 is 10.2 Å². The lowest BCUT2D eigenvalue weighted by atomic mass is 10.5. The van der Waals surface area contributed by atoms with E-state index in [1.807, 2.05) is 0 Å². The molecule has 0 bridgehead atoms. The number of rotatable bonds is 2. The fourth-order valence-electron chi connectivity index (χ4n) is 0.815. The van der Waals surface area contributed by atoms with Crippen LogP contribution in [-0.2, 0) is 15.0 Å². The van der Waals surface area contributed by atoms with E-state index in [4.69, 9.17) is 5.73 Å². The van der Waals surface area contributed by atoms with E-state index in [0.29, 0.717) is 0 Å². The summed E-state index contributed by atoms with van der Waals surface area (Å²) in [5, 5.41) is 0. The summed E-state index contributed by atoms with van der Waals surface area (Å²) in [6.07, 6.45) is 0. The maximum absolute atomic E-state index is 10.9. The summed E-state index contributed by atoms with van der Waals surface area (Å²) < 4.78 is 24.6. The third-order valence-corrected chi connectivity index (χ3v) is 2.78. The highest BCUT2D eigenvalue weighted by Gasteiger charge is 2.33. The molecule has 0 aliphatic carbocycles. The van der Waals surface area contributed by atoms with E-state index in [-0.39, 0.29) is 32.0 Å². The molecule has 3 N–H and O–H groups in total. The van der Waals surface area contributed by atoms with Gasteiger partial charge < -0.3 is 5.73 Å². The SMILES string of the molecule is Cl.NCCN1C(=O)CNS1(=O)=O. The molecule has 0 aromatic carbocycles. The Labute approximate surface area is 76.7 Å². The van der Waals surface area contributed by atoms with Gasteiger partial charge in [-0.15, -0.1) is 12.4 Å². The minimum atomic E-state index is -3.54. The summed E-state index contributed by atoms with van der Waals surface area (Å²) in [4.78, 5) is 10.8. The maximum Gasteiger partial charge on any atom is 0.304 e. The van der Waals surface area contributed by atoms with Crippen LogP contribution in [-0.4, -0.2) is 38.3 Å². The minimum Gasteiger partial charge on any atom is -0.329 e. The molecule has 0 unspecified atom stereocenters. The molecule has 1 saturated heterocycles. The Morgan fingerprint density at radius 1 is 1.58 bits per heavy atom. The van der Waals surface area contributed by atoms with E-state index in [9.17, 15) is 13.2 Å². The molecule has 1 aliphatic heterocycles. The molecule has 0 saturated carbocycles. The van der Waals surface area contributed by atoms with Gasteiger partial charge in [-0.3, -0.25) is 4.79 Å². The average Bonchev–Trinajstić information content (AvgIpc) is 2.16. The Balaban J connectivity index is 0.00000121. The second-order valence-corrected chi connectivity index (χ2v) is 3.76. The summed E-state index contributed by atoms with van der Waals surface area (Å²) in [6.45, 7) is 0.0448. The van der Waals surface area contributed by atoms with Gasteiger partial charge in [0.2, 0.25) is 0 Å². The van der Waals surface area contributed by atoms with Crippen molar-refractivity contribution in [2.75, 3.05) is 19.6 Å². The van der Waals surface area contributed by atoms with Gasteiger partial charge in [0.15, 0.2) is 0 Å². The third-order valence-electron chi connectivity index (χ3n) is 1.31. The van der Waals surface area contributed by atoms with Gasteiger partial charge in [-0.05, 0) is 0 Å². The van der Waals surface area contributed by atoms with E-state index in [0.717, 1.165) is 4.31 Å². The number of hydrogen-bond acceptors (Lipinski definition) is 4. The molecule has 0 spiro atoms. The van der Waals surface area contributed by atoms with Crippen molar-refractivity contribution in [3.63, 3.8) is 0 Å². The van der Waals surface area contributed by atoms with Gasteiger partial charge in [-0.25, -0.2) is 4.31 Å². The van der Waals surface area contributed by atoms with Crippen LogP contribution in [0.4, 0.5) is 0 Å². The topological polar surface area (TPSA) is 92.5 Å². The summed E-state index contributed by atoms with van der Waals surface area (Å²) in [5.41, 5.74) is 5.11. The molecule has 0 atom stereocenters. The van der Waals surface area contributed by atoms with Crippen molar-refractivity contribution >= 4 is 28.5 Å². The number of carbonyl (C=O) groups excluding carboxylic acids is 1. The van der Waals surface area contributed by atoms with Gasteiger partial charge in [-0.1, -0.05) is 0 Å². The second-order valence-electron chi connectivity index (χ2n) is 2.08. The molecule has 1 rings (SSSR count). The first-order chi connectivity index (χ1) is 5.08. The number of carbonyl (C=O) groups is 1. The second kappa shape index (κ2) is 4.04. The Kier molecular flexibility index (Phi) is 3.91. The highest BCUT2D eigenvalue weighted by molar-refractivity contribution is 7.88. The van der Waals surface area contributed by atoms with Crippen LogP contribution in [0.25, 0.3) is 0 Å². The van der Waals surface area contributed by atoms with Crippen molar-refractivity contribution in [1.82, 2.24) is 9.03 Å². The lowest BCUT2D eigenvalue weighted by Gasteiger charge is -2.10. The van der Waals surface area contributed by atoms with Gasteiger partial charge in [0.05, 0.1) is 13.1 Å². The highest BCUT2D eigenvalue weighted by Crippen LogP contribution is 2.03. The van der Waals surface area contributed by atoms with Crippen LogP contribution in [0.3, 0.4) is 0 Å². The maximum atomic E-state index is 10.9. The summed E-state index contributed by atoms with van der Waals surface area (Å²) in [5.74, 6) is -0.449. The molecule has 1 fully saturated rings. The molecule has 0 aromatic rings. The first-order valence-electron chi connectivity index (χ1n) is 3.08. The number of nitrogens with two attached hydrogens (primary N) is 1. The highest BCUT2D eigenvalue weighted by atomic mass is 35.5. The first-order valence-corrected chi connectivity index (χ1v) is 4.52. The Hall–Kier alpha value is -0.370. The van der Waals surface area contributed by atoms with Crippen molar-refractivity contribution < 1.29 is 13.2 Å². The molecule has 1 heterocycles. The molecule has 12 heavy (non-hydrogen) atoms. The van der Waals surface area contributed by atoms with Crippen LogP contribution >= 0.6 is 12.4 Å². The van der Waals surface area contributed by atoms with Crippen molar-refractivity contribution in [2.24, 2.45) is 5.73 Å². The Bertz CT molecular complexity index is 265. The van der Waals surface area contributed by atoms with Crippen molar-refractivity contribution in [2.45, 2.75) is 0 Å². The van der Waals surface area contributed by atoms with Crippen LogP contribution in [0, 0.1) is 0 Å². The monoisotopic (exact) mass is 215 g/mol. The number of nitrogens with zero attached hydrogens (tertiary/aromatic N) is 1. The molecule has 0 radical (unpaired) electrons. The average molecular weight is 216 g/mol. The Morgan fingerprint density at radius 2 is 2.17 bits per heavy atom. The van der Waals surface area contributed by atoms with Crippen LogP contribution in [0.1, 0.15) is 0 Å². The molecular weight excluding hydrogens is 206 g/mol. The smallest absolute Gasteiger partial charge is 0.304 e. The number of amides is 1. The quantitative estimate of drug-likeness (QED) is 0.560. The lowest BCUT2D eigenvalue weighted by molar-refractivity contribution is -0.124. The van der Waals surface area contributed by atoms with Crippen molar-refractivity contribution in [3.05, 3.63) is 0 Å². The fourth-order valence-corrected chi connectivity index (χ4v) is 1.96. The molecule has 72 valence electrons. The normalized spacial score (nSPS) is 20.8. The molecular formula is C4H10ClN3O3S. The van der Waals surface area contributed by atoms with Crippen LogP contribution in [0.5, 0.6) is 0 Å². The van der Waals surface area contributed by atoms with E-state index >= 15 is 0 Å².